The van der Waals surface area contributed by atoms with E-state index < -0.39 is 17.8 Å². The highest BCUT2D eigenvalue weighted by atomic mass is 16.5. The summed E-state index contributed by atoms with van der Waals surface area (Å²) in [7, 11) is 0. The lowest BCUT2D eigenvalue weighted by molar-refractivity contribution is -0.168. The molecule has 0 aromatic carbocycles. The molecule has 0 aromatic heterocycles. The fraction of sp³-hybridized carbons (Fsp3) is 0.913. The summed E-state index contributed by atoms with van der Waals surface area (Å²) in [6.45, 7) is 11.0. The van der Waals surface area contributed by atoms with Crippen molar-refractivity contribution < 1.29 is 19.4 Å². The van der Waals surface area contributed by atoms with Crippen molar-refractivity contribution in [1.29, 1.82) is 0 Å². The maximum absolute atomic E-state index is 13.0. The zero-order valence-electron chi connectivity index (χ0n) is 18.0. The lowest BCUT2D eigenvalue weighted by atomic mass is 9.73. The van der Waals surface area contributed by atoms with Gasteiger partial charge < -0.3 is 9.84 Å². The summed E-state index contributed by atoms with van der Waals surface area (Å²) in [5.41, 5.74) is 0.126. The zero-order chi connectivity index (χ0) is 20.2. The molecule has 0 amide bonds. The first-order chi connectivity index (χ1) is 12.6. The van der Waals surface area contributed by atoms with E-state index >= 15 is 0 Å². The van der Waals surface area contributed by atoms with Crippen LogP contribution in [0.15, 0.2) is 0 Å². The van der Waals surface area contributed by atoms with Gasteiger partial charge in [0.2, 0.25) is 0 Å². The number of carboxylic acids is 1. The van der Waals surface area contributed by atoms with Crippen molar-refractivity contribution in [2.24, 2.45) is 35.0 Å². The number of hydrogen-bond donors (Lipinski definition) is 1. The maximum atomic E-state index is 13.0. The van der Waals surface area contributed by atoms with Crippen molar-refractivity contribution >= 4 is 11.9 Å². The van der Waals surface area contributed by atoms with E-state index in [1.807, 2.05) is 0 Å². The highest BCUT2D eigenvalue weighted by Crippen LogP contribution is 2.40. The molecule has 2 rings (SSSR count). The molecule has 2 fully saturated rings. The Morgan fingerprint density at radius 3 is 2.15 bits per heavy atom. The second-order valence-corrected chi connectivity index (χ2v) is 10.2. The minimum absolute atomic E-state index is 0.0752. The van der Waals surface area contributed by atoms with Gasteiger partial charge in [0.1, 0.15) is 6.10 Å². The van der Waals surface area contributed by atoms with Crippen molar-refractivity contribution in [1.82, 2.24) is 0 Å². The van der Waals surface area contributed by atoms with Gasteiger partial charge in [0.15, 0.2) is 0 Å². The molecule has 1 N–H and O–H groups in total. The Morgan fingerprint density at radius 2 is 1.59 bits per heavy atom. The second-order valence-electron chi connectivity index (χ2n) is 10.2. The maximum Gasteiger partial charge on any atom is 0.310 e. The molecule has 0 heterocycles. The average molecular weight is 381 g/mol. The van der Waals surface area contributed by atoms with Gasteiger partial charge in [0.05, 0.1) is 11.8 Å². The fourth-order valence-electron chi connectivity index (χ4n) is 4.82. The van der Waals surface area contributed by atoms with Crippen molar-refractivity contribution in [3.8, 4) is 0 Å². The summed E-state index contributed by atoms with van der Waals surface area (Å²) in [6.07, 6.45) is 8.60. The normalized spacial score (nSPS) is 33.3. The second kappa shape index (κ2) is 9.43. The highest BCUT2D eigenvalue weighted by Gasteiger charge is 2.41. The molecule has 0 aromatic rings. The number of hydrogen-bond acceptors (Lipinski definition) is 3. The Balaban J connectivity index is 2.10. The van der Waals surface area contributed by atoms with Gasteiger partial charge in [-0.25, -0.2) is 0 Å². The lowest BCUT2D eigenvalue weighted by Gasteiger charge is -2.38. The van der Waals surface area contributed by atoms with Crippen LogP contribution >= 0.6 is 0 Å². The van der Waals surface area contributed by atoms with Gasteiger partial charge in [-0.15, -0.1) is 0 Å². The summed E-state index contributed by atoms with van der Waals surface area (Å²) >= 11 is 0. The van der Waals surface area contributed by atoms with Gasteiger partial charge in [-0.05, 0) is 61.7 Å². The predicted molar refractivity (Wildman–Crippen MR) is 107 cm³/mol. The van der Waals surface area contributed by atoms with Crippen LogP contribution in [-0.2, 0) is 14.3 Å². The van der Waals surface area contributed by atoms with E-state index in [1.54, 1.807) is 0 Å². The van der Waals surface area contributed by atoms with E-state index in [2.05, 4.69) is 34.6 Å². The van der Waals surface area contributed by atoms with Crippen LogP contribution in [0.2, 0.25) is 0 Å². The zero-order valence-corrected chi connectivity index (χ0v) is 18.0. The van der Waals surface area contributed by atoms with Crippen molar-refractivity contribution in [2.75, 3.05) is 0 Å². The van der Waals surface area contributed by atoms with E-state index in [0.29, 0.717) is 24.7 Å². The Morgan fingerprint density at radius 1 is 1.00 bits per heavy atom. The quantitative estimate of drug-likeness (QED) is 0.576. The molecule has 0 bridgehead atoms. The number of rotatable bonds is 7. The van der Waals surface area contributed by atoms with Crippen LogP contribution in [0.4, 0.5) is 0 Å². The molecule has 2 saturated carbocycles. The molecule has 4 atom stereocenters. The van der Waals surface area contributed by atoms with Gasteiger partial charge in [-0.1, -0.05) is 53.9 Å². The van der Waals surface area contributed by atoms with Crippen LogP contribution < -0.4 is 0 Å². The molecule has 4 unspecified atom stereocenters. The Hall–Kier alpha value is -1.06. The van der Waals surface area contributed by atoms with E-state index in [4.69, 9.17) is 4.74 Å². The molecule has 0 spiro atoms. The van der Waals surface area contributed by atoms with Crippen LogP contribution in [0.5, 0.6) is 0 Å². The standard InChI is InChI=1S/C23H40O4/c1-6-23(4,5)14-20(17-10-7-15(2)8-11-17)27-22(26)18-12-9-16(3)13-19(18)21(24)25/h15-20H,6-14H2,1-5H3,(H,24,25). The van der Waals surface area contributed by atoms with Crippen LogP contribution in [-0.4, -0.2) is 23.1 Å². The van der Waals surface area contributed by atoms with E-state index in [-0.39, 0.29) is 17.5 Å². The first kappa shape index (κ1) is 22.2. The largest absolute Gasteiger partial charge is 0.481 e. The van der Waals surface area contributed by atoms with Crippen LogP contribution in [0.25, 0.3) is 0 Å². The highest BCUT2D eigenvalue weighted by molar-refractivity contribution is 5.81. The summed E-state index contributed by atoms with van der Waals surface area (Å²) in [6, 6.07) is 0. The van der Waals surface area contributed by atoms with E-state index in [9.17, 15) is 14.7 Å². The topological polar surface area (TPSA) is 63.6 Å². The van der Waals surface area contributed by atoms with Gasteiger partial charge in [0, 0.05) is 0 Å². The SMILES string of the molecule is CCC(C)(C)CC(OC(=O)C1CCC(C)CC1C(=O)O)C1CCC(C)CC1. The van der Waals surface area contributed by atoms with Crippen molar-refractivity contribution in [3.05, 3.63) is 0 Å². The molecule has 4 nitrogen and oxygen atoms in total. The summed E-state index contributed by atoms with van der Waals surface area (Å²) in [5.74, 6) is -0.634. The third kappa shape index (κ3) is 6.22. The van der Waals surface area contributed by atoms with Gasteiger partial charge >= 0.3 is 11.9 Å². The van der Waals surface area contributed by atoms with E-state index in [0.717, 1.165) is 38.0 Å². The van der Waals surface area contributed by atoms with Gasteiger partial charge in [-0.3, -0.25) is 9.59 Å². The molecule has 0 aliphatic heterocycles. The number of ether oxygens (including phenoxy) is 1. The lowest BCUT2D eigenvalue weighted by Crippen LogP contribution is -2.40. The Labute approximate surface area is 165 Å². The molecule has 2 aliphatic carbocycles. The van der Waals surface area contributed by atoms with Gasteiger partial charge in [-0.2, -0.15) is 0 Å². The van der Waals surface area contributed by atoms with Gasteiger partial charge in [0.25, 0.3) is 0 Å². The van der Waals surface area contributed by atoms with Crippen LogP contribution in [0, 0.1) is 35.0 Å². The van der Waals surface area contributed by atoms with Crippen LogP contribution in [0.3, 0.4) is 0 Å². The number of carboxylic acid groups (broad SMARTS) is 1. The molecule has 4 heteroatoms. The number of carbonyl (C=O) groups is 2. The third-order valence-electron chi connectivity index (χ3n) is 7.30. The number of carbonyl (C=O) groups excluding carboxylic acids is 1. The average Bonchev–Trinajstić information content (AvgIpc) is 2.61. The summed E-state index contributed by atoms with van der Waals surface area (Å²) in [4.78, 5) is 24.7. The molecular formula is C23H40O4. The summed E-state index contributed by atoms with van der Waals surface area (Å²) < 4.78 is 6.12. The third-order valence-corrected chi connectivity index (χ3v) is 7.30. The minimum Gasteiger partial charge on any atom is -0.481 e. The fourth-order valence-corrected chi connectivity index (χ4v) is 4.82. The predicted octanol–water partition coefficient (Wildman–Crippen LogP) is 5.69. The van der Waals surface area contributed by atoms with Crippen LogP contribution in [0.1, 0.15) is 92.4 Å². The first-order valence-electron chi connectivity index (χ1n) is 11.1. The number of aliphatic carboxylic acids is 1. The Kier molecular flexibility index (Phi) is 7.76. The molecule has 0 radical (unpaired) electrons. The van der Waals surface area contributed by atoms with Crippen molar-refractivity contribution in [3.63, 3.8) is 0 Å². The Bertz CT molecular complexity index is 505. The van der Waals surface area contributed by atoms with E-state index in [1.165, 1.54) is 12.8 Å². The molecule has 0 saturated heterocycles. The molecule has 2 aliphatic rings. The monoisotopic (exact) mass is 380 g/mol. The first-order valence-corrected chi connectivity index (χ1v) is 11.1. The smallest absolute Gasteiger partial charge is 0.310 e. The molecule has 27 heavy (non-hydrogen) atoms. The molecule has 156 valence electrons. The molecular weight excluding hydrogens is 340 g/mol. The number of esters is 1. The minimum atomic E-state index is -0.847. The summed E-state index contributed by atoms with van der Waals surface area (Å²) in [5, 5.41) is 9.60. The van der Waals surface area contributed by atoms with Crippen molar-refractivity contribution in [2.45, 2.75) is 98.5 Å².